The molecule has 0 aliphatic carbocycles. The molecular weight excluding hydrogens is 303 g/mol. The first-order valence-corrected chi connectivity index (χ1v) is 7.69. The molecule has 0 saturated heterocycles. The lowest BCUT2D eigenvalue weighted by Crippen LogP contribution is -2.11. The highest BCUT2D eigenvalue weighted by atomic mass is 35.5. The largest absolute Gasteiger partial charge is 0.378 e. The van der Waals surface area contributed by atoms with E-state index < -0.39 is 0 Å². The summed E-state index contributed by atoms with van der Waals surface area (Å²) in [6, 6.07) is 10.4. The molecule has 4 heteroatoms. The lowest BCUT2D eigenvalue weighted by molar-refractivity contribution is 0.590. The molecule has 1 aromatic carbocycles. The molecular formula is C17H20Cl2N2. The Labute approximate surface area is 136 Å². The molecule has 2 aromatic rings. The van der Waals surface area contributed by atoms with Crippen molar-refractivity contribution in [2.45, 2.75) is 39.7 Å². The van der Waals surface area contributed by atoms with Crippen LogP contribution in [0.2, 0.25) is 10.3 Å². The van der Waals surface area contributed by atoms with Crippen molar-refractivity contribution in [2.75, 3.05) is 5.32 Å². The monoisotopic (exact) mass is 322 g/mol. The normalized spacial score (nSPS) is 11.5. The van der Waals surface area contributed by atoms with Gasteiger partial charge in [0.05, 0.1) is 5.69 Å². The summed E-state index contributed by atoms with van der Waals surface area (Å²) in [7, 11) is 0. The van der Waals surface area contributed by atoms with E-state index in [1.165, 1.54) is 11.1 Å². The highest BCUT2D eigenvalue weighted by Crippen LogP contribution is 2.27. The van der Waals surface area contributed by atoms with E-state index in [-0.39, 0.29) is 5.41 Å². The maximum Gasteiger partial charge on any atom is 0.154 e. The molecule has 21 heavy (non-hydrogen) atoms. The van der Waals surface area contributed by atoms with Crippen molar-refractivity contribution >= 4 is 28.9 Å². The Morgan fingerprint density at radius 3 is 2.24 bits per heavy atom. The number of halogens is 2. The second-order valence-electron chi connectivity index (χ2n) is 6.23. The molecule has 0 radical (unpaired) electrons. The highest BCUT2D eigenvalue weighted by molar-refractivity contribution is 6.34. The van der Waals surface area contributed by atoms with E-state index in [1.807, 2.05) is 6.92 Å². The number of aromatic nitrogens is 1. The van der Waals surface area contributed by atoms with Gasteiger partial charge in [0.2, 0.25) is 0 Å². The van der Waals surface area contributed by atoms with Crippen molar-refractivity contribution < 1.29 is 0 Å². The minimum Gasteiger partial charge on any atom is -0.378 e. The van der Waals surface area contributed by atoms with Gasteiger partial charge in [0, 0.05) is 6.54 Å². The Hall–Kier alpha value is -1.25. The number of hydrogen-bond acceptors (Lipinski definition) is 2. The summed E-state index contributed by atoms with van der Waals surface area (Å²) in [5.74, 6) is 0. The van der Waals surface area contributed by atoms with Gasteiger partial charge in [-0.2, -0.15) is 0 Å². The third kappa shape index (κ3) is 4.12. The van der Waals surface area contributed by atoms with Crippen LogP contribution in [0.5, 0.6) is 0 Å². The molecule has 2 nitrogen and oxygen atoms in total. The fourth-order valence-corrected chi connectivity index (χ4v) is 2.72. The molecule has 1 aromatic heterocycles. The van der Waals surface area contributed by atoms with Gasteiger partial charge < -0.3 is 5.32 Å². The van der Waals surface area contributed by atoms with Crippen LogP contribution in [0.3, 0.4) is 0 Å². The van der Waals surface area contributed by atoms with Gasteiger partial charge in [-0.25, -0.2) is 4.98 Å². The number of rotatable bonds is 3. The van der Waals surface area contributed by atoms with E-state index in [2.05, 4.69) is 55.3 Å². The Balaban J connectivity index is 2.10. The molecule has 0 saturated carbocycles. The second-order valence-corrected chi connectivity index (χ2v) is 6.97. The first-order valence-electron chi connectivity index (χ1n) is 6.93. The fraction of sp³-hybridized carbons (Fsp3) is 0.353. The maximum absolute atomic E-state index is 6.13. The number of benzene rings is 1. The quantitative estimate of drug-likeness (QED) is 0.743. The second kappa shape index (κ2) is 6.25. The van der Waals surface area contributed by atoms with Gasteiger partial charge in [0.15, 0.2) is 5.15 Å². The van der Waals surface area contributed by atoms with E-state index in [0.717, 1.165) is 11.3 Å². The van der Waals surface area contributed by atoms with E-state index in [0.29, 0.717) is 16.9 Å². The molecule has 0 atom stereocenters. The van der Waals surface area contributed by atoms with Gasteiger partial charge in [0.1, 0.15) is 5.15 Å². The van der Waals surface area contributed by atoms with Gasteiger partial charge in [-0.1, -0.05) is 68.2 Å². The van der Waals surface area contributed by atoms with E-state index in [4.69, 9.17) is 23.2 Å². The summed E-state index contributed by atoms with van der Waals surface area (Å²) < 4.78 is 0. The van der Waals surface area contributed by atoms with Gasteiger partial charge in [-0.05, 0) is 35.1 Å². The van der Waals surface area contributed by atoms with E-state index in [1.54, 1.807) is 6.07 Å². The maximum atomic E-state index is 6.13. The number of hydrogen-bond donors (Lipinski definition) is 1. The summed E-state index contributed by atoms with van der Waals surface area (Å²) in [4.78, 5) is 4.06. The Morgan fingerprint density at radius 2 is 1.71 bits per heavy atom. The summed E-state index contributed by atoms with van der Waals surface area (Å²) in [5.41, 5.74) is 4.53. The molecule has 0 spiro atoms. The number of anilines is 1. The van der Waals surface area contributed by atoms with Crippen molar-refractivity contribution in [3.63, 3.8) is 0 Å². The number of nitrogens with zero attached hydrogens (tertiary/aromatic N) is 1. The van der Waals surface area contributed by atoms with Gasteiger partial charge in [-0.15, -0.1) is 0 Å². The van der Waals surface area contributed by atoms with Crippen LogP contribution in [0.15, 0.2) is 30.3 Å². The molecule has 0 bridgehead atoms. The lowest BCUT2D eigenvalue weighted by Gasteiger charge is -2.19. The third-order valence-corrected chi connectivity index (χ3v) is 3.90. The molecule has 0 aliphatic rings. The smallest absolute Gasteiger partial charge is 0.154 e. The van der Waals surface area contributed by atoms with Crippen molar-refractivity contribution in [1.29, 1.82) is 0 Å². The van der Waals surface area contributed by atoms with Crippen LogP contribution in [-0.4, -0.2) is 4.98 Å². The predicted molar refractivity (Wildman–Crippen MR) is 91.5 cm³/mol. The molecule has 1 N–H and O–H groups in total. The van der Waals surface area contributed by atoms with Crippen LogP contribution < -0.4 is 5.32 Å². The van der Waals surface area contributed by atoms with Gasteiger partial charge in [0.25, 0.3) is 0 Å². The van der Waals surface area contributed by atoms with Crippen LogP contribution in [0.25, 0.3) is 0 Å². The topological polar surface area (TPSA) is 24.9 Å². The summed E-state index contributed by atoms with van der Waals surface area (Å²) >= 11 is 12.0. The summed E-state index contributed by atoms with van der Waals surface area (Å²) in [5, 5.41) is 4.15. The average Bonchev–Trinajstić information content (AvgIpc) is 2.37. The summed E-state index contributed by atoms with van der Waals surface area (Å²) in [6.45, 7) is 9.30. The zero-order valence-corrected chi connectivity index (χ0v) is 14.3. The van der Waals surface area contributed by atoms with Gasteiger partial charge >= 0.3 is 0 Å². The highest BCUT2D eigenvalue weighted by Gasteiger charge is 2.13. The van der Waals surface area contributed by atoms with Crippen LogP contribution in [0, 0.1) is 6.92 Å². The standard InChI is InChI=1S/C17H20Cl2N2/c1-11-9-14(18)21-16(19)15(11)20-10-12-5-7-13(8-6-12)17(2,3)4/h5-9,20H,10H2,1-4H3. The molecule has 0 aliphatic heterocycles. The number of pyridine rings is 1. The molecule has 0 unspecified atom stereocenters. The van der Waals surface area contributed by atoms with E-state index in [9.17, 15) is 0 Å². The van der Waals surface area contributed by atoms with Crippen LogP contribution in [0.1, 0.15) is 37.5 Å². The molecule has 112 valence electrons. The van der Waals surface area contributed by atoms with E-state index >= 15 is 0 Å². The minimum atomic E-state index is 0.173. The predicted octanol–water partition coefficient (Wildman–Crippen LogP) is 5.61. The van der Waals surface area contributed by atoms with Crippen molar-refractivity contribution in [2.24, 2.45) is 0 Å². The lowest BCUT2D eigenvalue weighted by atomic mass is 9.87. The Bertz CT molecular complexity index is 605. The van der Waals surface area contributed by atoms with Crippen molar-refractivity contribution in [3.05, 3.63) is 57.3 Å². The first kappa shape index (κ1) is 16.1. The molecule has 0 amide bonds. The fourth-order valence-electron chi connectivity index (χ4n) is 2.12. The SMILES string of the molecule is Cc1cc(Cl)nc(Cl)c1NCc1ccc(C(C)(C)C)cc1. The van der Waals surface area contributed by atoms with Crippen LogP contribution in [0.4, 0.5) is 5.69 Å². The molecule has 2 rings (SSSR count). The zero-order chi connectivity index (χ0) is 15.6. The Morgan fingerprint density at radius 1 is 1.10 bits per heavy atom. The molecule has 1 heterocycles. The average molecular weight is 323 g/mol. The molecule has 0 fully saturated rings. The van der Waals surface area contributed by atoms with Crippen LogP contribution in [-0.2, 0) is 12.0 Å². The van der Waals surface area contributed by atoms with Gasteiger partial charge in [-0.3, -0.25) is 0 Å². The number of aryl methyl sites for hydroxylation is 1. The zero-order valence-electron chi connectivity index (χ0n) is 12.8. The third-order valence-electron chi connectivity index (χ3n) is 3.43. The minimum absolute atomic E-state index is 0.173. The Kier molecular flexibility index (Phi) is 4.80. The summed E-state index contributed by atoms with van der Waals surface area (Å²) in [6.07, 6.45) is 0. The van der Waals surface area contributed by atoms with Crippen LogP contribution >= 0.6 is 23.2 Å². The number of nitrogens with one attached hydrogen (secondary N) is 1. The van der Waals surface area contributed by atoms with Crippen molar-refractivity contribution in [1.82, 2.24) is 4.98 Å². The van der Waals surface area contributed by atoms with Crippen molar-refractivity contribution in [3.8, 4) is 0 Å². The first-order chi connectivity index (χ1) is 9.77.